The lowest BCUT2D eigenvalue weighted by atomic mass is 9.81. The summed E-state index contributed by atoms with van der Waals surface area (Å²) >= 11 is 0. The van der Waals surface area contributed by atoms with Crippen LogP contribution in [-0.2, 0) is 26.2 Å². The van der Waals surface area contributed by atoms with Crippen molar-refractivity contribution in [2.24, 2.45) is 11.3 Å². The van der Waals surface area contributed by atoms with Crippen molar-refractivity contribution >= 4 is 5.91 Å². The highest BCUT2D eigenvalue weighted by Gasteiger charge is 2.45. The SMILES string of the molecule is CC(=O)NC1C(OCCCC(C)CCCC(C)(C)Cc2cn(C(C)(C)C)nn2)OC(CO)C(O)C1O. The van der Waals surface area contributed by atoms with Crippen molar-refractivity contribution in [1.82, 2.24) is 20.3 Å². The molecule has 1 aromatic heterocycles. The number of aliphatic hydroxyl groups excluding tert-OH is 3. The van der Waals surface area contributed by atoms with Crippen LogP contribution in [0.4, 0.5) is 0 Å². The van der Waals surface area contributed by atoms with E-state index in [4.69, 9.17) is 9.47 Å². The first-order chi connectivity index (χ1) is 16.7. The largest absolute Gasteiger partial charge is 0.394 e. The molecule has 1 aliphatic rings. The summed E-state index contributed by atoms with van der Waals surface area (Å²) in [6, 6.07) is -0.898. The van der Waals surface area contributed by atoms with Crippen molar-refractivity contribution in [2.45, 2.75) is 123 Å². The lowest BCUT2D eigenvalue weighted by molar-refractivity contribution is -0.270. The highest BCUT2D eigenvalue weighted by Crippen LogP contribution is 2.29. The molecule has 10 heteroatoms. The zero-order chi connectivity index (χ0) is 27.1. The van der Waals surface area contributed by atoms with Crippen LogP contribution in [0, 0.1) is 11.3 Å². The number of amides is 1. The van der Waals surface area contributed by atoms with Gasteiger partial charge in [0.15, 0.2) is 6.29 Å². The molecular formula is C26H48N4O6. The van der Waals surface area contributed by atoms with E-state index in [0.29, 0.717) is 12.5 Å². The van der Waals surface area contributed by atoms with Crippen molar-refractivity contribution < 1.29 is 29.6 Å². The summed E-state index contributed by atoms with van der Waals surface area (Å²) in [7, 11) is 0. The second-order valence-electron chi connectivity index (χ2n) is 12.1. The fourth-order valence-corrected chi connectivity index (χ4v) is 4.60. The molecule has 0 saturated carbocycles. The van der Waals surface area contributed by atoms with E-state index < -0.39 is 37.3 Å². The molecule has 36 heavy (non-hydrogen) atoms. The molecular weight excluding hydrogens is 464 g/mol. The number of hydrogen-bond acceptors (Lipinski definition) is 8. The second-order valence-corrected chi connectivity index (χ2v) is 12.1. The van der Waals surface area contributed by atoms with Gasteiger partial charge < -0.3 is 30.1 Å². The zero-order valence-corrected chi connectivity index (χ0v) is 23.1. The summed E-state index contributed by atoms with van der Waals surface area (Å²) in [5.74, 6) is 0.170. The monoisotopic (exact) mass is 512 g/mol. The van der Waals surface area contributed by atoms with Gasteiger partial charge in [-0.15, -0.1) is 5.10 Å². The van der Waals surface area contributed by atoms with Gasteiger partial charge in [-0.05, 0) is 57.8 Å². The molecule has 208 valence electrons. The highest BCUT2D eigenvalue weighted by atomic mass is 16.7. The average Bonchev–Trinajstić information content (AvgIpc) is 3.23. The smallest absolute Gasteiger partial charge is 0.217 e. The Labute approximate surface area is 215 Å². The summed E-state index contributed by atoms with van der Waals surface area (Å²) in [5, 5.41) is 41.1. The summed E-state index contributed by atoms with van der Waals surface area (Å²) in [5.41, 5.74) is 1.11. The third-order valence-electron chi connectivity index (χ3n) is 6.81. The minimum atomic E-state index is -1.30. The van der Waals surface area contributed by atoms with Gasteiger partial charge in [-0.25, -0.2) is 4.68 Å². The Balaban J connectivity index is 1.72. The van der Waals surface area contributed by atoms with Crippen LogP contribution in [0.2, 0.25) is 0 Å². The Hall–Kier alpha value is -1.59. The van der Waals surface area contributed by atoms with Gasteiger partial charge in [0, 0.05) is 19.7 Å². The van der Waals surface area contributed by atoms with Gasteiger partial charge in [0.1, 0.15) is 24.4 Å². The predicted octanol–water partition coefficient (Wildman–Crippen LogP) is 2.15. The van der Waals surface area contributed by atoms with E-state index in [0.717, 1.165) is 44.2 Å². The molecule has 1 amide bonds. The van der Waals surface area contributed by atoms with E-state index >= 15 is 0 Å². The van der Waals surface area contributed by atoms with Gasteiger partial charge >= 0.3 is 0 Å². The van der Waals surface area contributed by atoms with Crippen LogP contribution in [-0.4, -0.2) is 80.1 Å². The topological polar surface area (TPSA) is 139 Å². The average molecular weight is 513 g/mol. The quantitative estimate of drug-likeness (QED) is 0.295. The molecule has 1 saturated heterocycles. The zero-order valence-electron chi connectivity index (χ0n) is 23.1. The van der Waals surface area contributed by atoms with Gasteiger partial charge in [-0.1, -0.05) is 38.8 Å². The van der Waals surface area contributed by atoms with Gasteiger partial charge in [-0.3, -0.25) is 4.79 Å². The number of aliphatic hydroxyl groups is 3. The van der Waals surface area contributed by atoms with Gasteiger partial charge in [0.05, 0.1) is 17.8 Å². The summed E-state index contributed by atoms with van der Waals surface area (Å²) < 4.78 is 13.3. The molecule has 2 heterocycles. The second kappa shape index (κ2) is 13.3. The normalized spacial score (nSPS) is 26.1. The van der Waals surface area contributed by atoms with Gasteiger partial charge in [0.25, 0.3) is 0 Å². The Morgan fingerprint density at radius 2 is 1.86 bits per heavy atom. The number of carbonyl (C=O) groups is 1. The van der Waals surface area contributed by atoms with Crippen LogP contribution in [0.5, 0.6) is 0 Å². The van der Waals surface area contributed by atoms with Crippen LogP contribution in [0.1, 0.15) is 86.3 Å². The maximum Gasteiger partial charge on any atom is 0.217 e. The van der Waals surface area contributed by atoms with Crippen LogP contribution in [0.3, 0.4) is 0 Å². The van der Waals surface area contributed by atoms with E-state index in [-0.39, 0.29) is 16.9 Å². The van der Waals surface area contributed by atoms with Crippen LogP contribution in [0.25, 0.3) is 0 Å². The van der Waals surface area contributed by atoms with Gasteiger partial charge in [-0.2, -0.15) is 0 Å². The fraction of sp³-hybridized carbons (Fsp3) is 0.885. The Morgan fingerprint density at radius 1 is 1.19 bits per heavy atom. The Kier molecular flexibility index (Phi) is 11.3. The summed E-state index contributed by atoms with van der Waals surface area (Å²) in [6.45, 7) is 14.4. The molecule has 6 unspecified atom stereocenters. The Morgan fingerprint density at radius 3 is 2.44 bits per heavy atom. The fourth-order valence-electron chi connectivity index (χ4n) is 4.60. The lowest BCUT2D eigenvalue weighted by Crippen LogP contribution is -2.64. The number of rotatable bonds is 13. The molecule has 0 radical (unpaired) electrons. The molecule has 0 aliphatic carbocycles. The van der Waals surface area contributed by atoms with Crippen molar-refractivity contribution in [1.29, 1.82) is 0 Å². The van der Waals surface area contributed by atoms with Crippen molar-refractivity contribution in [3.8, 4) is 0 Å². The van der Waals surface area contributed by atoms with Gasteiger partial charge in [0.2, 0.25) is 5.91 Å². The number of nitrogens with zero attached hydrogens (tertiary/aromatic N) is 3. The number of ether oxygens (including phenoxy) is 2. The molecule has 0 aromatic carbocycles. The molecule has 1 aliphatic heterocycles. The molecule has 4 N–H and O–H groups in total. The van der Waals surface area contributed by atoms with Crippen molar-refractivity contribution in [3.05, 3.63) is 11.9 Å². The molecule has 6 atom stereocenters. The van der Waals surface area contributed by atoms with Crippen molar-refractivity contribution in [2.75, 3.05) is 13.2 Å². The molecule has 0 spiro atoms. The molecule has 2 rings (SSSR count). The summed E-state index contributed by atoms with van der Waals surface area (Å²) in [6.07, 6.45) is 3.59. The van der Waals surface area contributed by atoms with Crippen LogP contribution < -0.4 is 5.32 Å². The maximum absolute atomic E-state index is 11.5. The number of nitrogens with one attached hydrogen (secondary N) is 1. The van der Waals surface area contributed by atoms with E-state index in [1.165, 1.54) is 6.92 Å². The lowest BCUT2D eigenvalue weighted by Gasteiger charge is -2.42. The van der Waals surface area contributed by atoms with Crippen LogP contribution >= 0.6 is 0 Å². The first kappa shape index (κ1) is 30.6. The minimum absolute atomic E-state index is 0.0654. The maximum atomic E-state index is 11.5. The highest BCUT2D eigenvalue weighted by molar-refractivity contribution is 5.73. The van der Waals surface area contributed by atoms with E-state index in [9.17, 15) is 20.1 Å². The molecule has 10 nitrogen and oxygen atoms in total. The first-order valence-electron chi connectivity index (χ1n) is 13.2. The first-order valence-corrected chi connectivity index (χ1v) is 13.2. The summed E-state index contributed by atoms with van der Waals surface area (Å²) in [4.78, 5) is 11.5. The van der Waals surface area contributed by atoms with E-state index in [1.54, 1.807) is 0 Å². The standard InChI is InChI=1S/C26H48N4O6/c1-17(10-8-12-26(6,7)14-19-15-30(29-28-19)25(3,4)5)11-9-13-35-24-21(27-18(2)32)23(34)22(33)20(16-31)36-24/h15,17,20-24,31,33-34H,8-14,16H2,1-7H3,(H,27,32). The minimum Gasteiger partial charge on any atom is -0.394 e. The van der Waals surface area contributed by atoms with Crippen molar-refractivity contribution in [3.63, 3.8) is 0 Å². The molecule has 0 bridgehead atoms. The number of carbonyl (C=O) groups excluding carboxylic acids is 1. The predicted molar refractivity (Wildman–Crippen MR) is 136 cm³/mol. The molecule has 1 aromatic rings. The third kappa shape index (κ3) is 9.37. The Bertz CT molecular complexity index is 809. The third-order valence-corrected chi connectivity index (χ3v) is 6.81. The number of hydrogen-bond donors (Lipinski definition) is 4. The van der Waals surface area contributed by atoms with E-state index in [2.05, 4.69) is 63.4 Å². The van der Waals surface area contributed by atoms with E-state index in [1.807, 2.05) is 4.68 Å². The molecule has 1 fully saturated rings. The van der Waals surface area contributed by atoms with Crippen LogP contribution in [0.15, 0.2) is 6.20 Å². The number of aromatic nitrogens is 3.